The van der Waals surface area contributed by atoms with Crippen molar-refractivity contribution in [1.82, 2.24) is 15.2 Å². The van der Waals surface area contributed by atoms with Gasteiger partial charge in [0.15, 0.2) is 0 Å². The molecule has 2 aromatic rings. The average Bonchev–Trinajstić information content (AvgIpc) is 2.84. The zero-order valence-electron chi connectivity index (χ0n) is 11.8. The maximum atomic E-state index is 9.02. The summed E-state index contributed by atoms with van der Waals surface area (Å²) in [4.78, 5) is 4.37. The van der Waals surface area contributed by atoms with Gasteiger partial charge in [0.1, 0.15) is 11.9 Å². The fourth-order valence-corrected chi connectivity index (χ4v) is 2.00. The topological polar surface area (TPSA) is 86.6 Å². The number of aromatic amines is 1. The fourth-order valence-electron chi connectivity index (χ4n) is 2.00. The van der Waals surface area contributed by atoms with Gasteiger partial charge >= 0.3 is 0 Å². The molecular formula is C14H17N5O. The number of nitriles is 1. The number of ether oxygens (including phenoxy) is 1. The highest BCUT2D eigenvalue weighted by atomic mass is 16.5. The number of H-pyrrole nitrogens is 1. The summed E-state index contributed by atoms with van der Waals surface area (Å²) in [6, 6.07) is 5.98. The fraction of sp³-hybridized carbons (Fsp3) is 0.357. The maximum absolute atomic E-state index is 9.02. The normalized spacial score (nSPS) is 10.3. The van der Waals surface area contributed by atoms with Crippen molar-refractivity contribution >= 4 is 5.82 Å². The van der Waals surface area contributed by atoms with Gasteiger partial charge in [-0.2, -0.15) is 10.4 Å². The van der Waals surface area contributed by atoms with Gasteiger partial charge in [-0.05, 0) is 31.5 Å². The Balaban J connectivity index is 2.05. The molecule has 0 spiro atoms. The molecule has 104 valence electrons. The SMILES string of the molecule is COCc1cc(CNc2cc(C)c(C#N)c(C)n2)[nH]n1. The van der Waals surface area contributed by atoms with E-state index in [2.05, 4.69) is 26.6 Å². The molecule has 0 saturated carbocycles. The number of aromatic nitrogens is 3. The van der Waals surface area contributed by atoms with Crippen molar-refractivity contribution in [3.63, 3.8) is 0 Å². The number of rotatable bonds is 5. The molecule has 0 amide bonds. The second kappa shape index (κ2) is 6.17. The van der Waals surface area contributed by atoms with Crippen LogP contribution < -0.4 is 5.32 Å². The lowest BCUT2D eigenvalue weighted by Gasteiger charge is -2.08. The molecule has 0 aliphatic rings. The highest BCUT2D eigenvalue weighted by Crippen LogP contribution is 2.16. The van der Waals surface area contributed by atoms with E-state index in [1.165, 1.54) is 0 Å². The zero-order chi connectivity index (χ0) is 14.5. The summed E-state index contributed by atoms with van der Waals surface area (Å²) in [6.45, 7) is 4.83. The number of hydrogen-bond acceptors (Lipinski definition) is 5. The Morgan fingerprint density at radius 2 is 2.20 bits per heavy atom. The van der Waals surface area contributed by atoms with Crippen LogP contribution in [0.15, 0.2) is 12.1 Å². The highest BCUT2D eigenvalue weighted by molar-refractivity contribution is 5.48. The molecule has 0 aliphatic carbocycles. The minimum absolute atomic E-state index is 0.490. The lowest BCUT2D eigenvalue weighted by atomic mass is 10.1. The Morgan fingerprint density at radius 3 is 2.85 bits per heavy atom. The Bertz CT molecular complexity index is 618. The van der Waals surface area contributed by atoms with Crippen LogP contribution in [0.4, 0.5) is 5.82 Å². The molecule has 0 fully saturated rings. The molecule has 0 bridgehead atoms. The summed E-state index contributed by atoms with van der Waals surface area (Å²) < 4.78 is 5.02. The van der Waals surface area contributed by atoms with Gasteiger partial charge in [0.2, 0.25) is 0 Å². The quantitative estimate of drug-likeness (QED) is 0.869. The van der Waals surface area contributed by atoms with Crippen molar-refractivity contribution in [2.24, 2.45) is 0 Å². The van der Waals surface area contributed by atoms with Crippen LogP contribution in [0.1, 0.15) is 28.2 Å². The van der Waals surface area contributed by atoms with Gasteiger partial charge in [-0.1, -0.05) is 0 Å². The van der Waals surface area contributed by atoms with Crippen LogP contribution in [0.2, 0.25) is 0 Å². The van der Waals surface area contributed by atoms with Crippen molar-refractivity contribution in [3.05, 3.63) is 40.3 Å². The minimum atomic E-state index is 0.490. The average molecular weight is 271 g/mol. The number of nitrogens with zero attached hydrogens (tertiary/aromatic N) is 3. The lowest BCUT2D eigenvalue weighted by molar-refractivity contribution is 0.181. The Kier molecular flexibility index (Phi) is 4.33. The Labute approximate surface area is 117 Å². The van der Waals surface area contributed by atoms with Crippen molar-refractivity contribution < 1.29 is 4.74 Å². The molecule has 0 aromatic carbocycles. The second-order valence-electron chi connectivity index (χ2n) is 4.57. The molecule has 6 nitrogen and oxygen atoms in total. The summed E-state index contributed by atoms with van der Waals surface area (Å²) in [5, 5.41) is 19.3. The molecule has 0 atom stereocenters. The standard InChI is InChI=1S/C14H17N5O/c1-9-4-14(17-10(2)13(9)6-15)16-7-11-5-12(8-20-3)19-18-11/h4-5H,7-8H2,1-3H3,(H,16,17)(H,18,19). The van der Waals surface area contributed by atoms with E-state index in [9.17, 15) is 0 Å². The molecule has 6 heteroatoms. The first-order chi connectivity index (χ1) is 9.63. The number of nitrogens with one attached hydrogen (secondary N) is 2. The van der Waals surface area contributed by atoms with E-state index < -0.39 is 0 Å². The number of methoxy groups -OCH3 is 1. The monoisotopic (exact) mass is 271 g/mol. The van der Waals surface area contributed by atoms with Crippen LogP contribution in [-0.4, -0.2) is 22.3 Å². The van der Waals surface area contributed by atoms with Crippen LogP contribution in [0.5, 0.6) is 0 Å². The van der Waals surface area contributed by atoms with Crippen LogP contribution in [0.25, 0.3) is 0 Å². The molecule has 0 aliphatic heterocycles. The molecular weight excluding hydrogens is 254 g/mol. The molecule has 2 N–H and O–H groups in total. The molecule has 2 heterocycles. The molecule has 0 saturated heterocycles. The lowest BCUT2D eigenvalue weighted by Crippen LogP contribution is -2.04. The maximum Gasteiger partial charge on any atom is 0.126 e. The van der Waals surface area contributed by atoms with E-state index in [4.69, 9.17) is 10.00 Å². The summed E-state index contributed by atoms with van der Waals surface area (Å²) in [5.74, 6) is 0.752. The summed E-state index contributed by atoms with van der Waals surface area (Å²) >= 11 is 0. The zero-order valence-corrected chi connectivity index (χ0v) is 11.8. The molecule has 0 unspecified atom stereocenters. The van der Waals surface area contributed by atoms with Gasteiger partial charge in [0.05, 0.1) is 35.8 Å². The number of hydrogen-bond donors (Lipinski definition) is 2. The van der Waals surface area contributed by atoms with Crippen LogP contribution in [-0.2, 0) is 17.9 Å². The highest BCUT2D eigenvalue weighted by Gasteiger charge is 2.06. The van der Waals surface area contributed by atoms with Crippen molar-refractivity contribution in [3.8, 4) is 6.07 Å². The van der Waals surface area contributed by atoms with E-state index >= 15 is 0 Å². The van der Waals surface area contributed by atoms with E-state index in [1.807, 2.05) is 26.0 Å². The summed E-state index contributed by atoms with van der Waals surface area (Å²) in [5.41, 5.74) is 4.12. The predicted molar refractivity (Wildman–Crippen MR) is 75.1 cm³/mol. The van der Waals surface area contributed by atoms with Gasteiger partial charge in [-0.3, -0.25) is 5.10 Å². The first kappa shape index (κ1) is 14.0. The smallest absolute Gasteiger partial charge is 0.126 e. The van der Waals surface area contributed by atoms with Crippen LogP contribution in [0.3, 0.4) is 0 Å². The summed E-state index contributed by atoms with van der Waals surface area (Å²) in [6.07, 6.45) is 0. The number of aryl methyl sites for hydroxylation is 2. The molecule has 2 aromatic heterocycles. The van der Waals surface area contributed by atoms with Gasteiger partial charge in [0, 0.05) is 7.11 Å². The Hall–Kier alpha value is -2.39. The van der Waals surface area contributed by atoms with E-state index in [0.29, 0.717) is 18.7 Å². The van der Waals surface area contributed by atoms with Gasteiger partial charge in [0.25, 0.3) is 0 Å². The van der Waals surface area contributed by atoms with Crippen LogP contribution >= 0.6 is 0 Å². The summed E-state index contributed by atoms with van der Waals surface area (Å²) in [7, 11) is 1.64. The third-order valence-corrected chi connectivity index (χ3v) is 2.95. The first-order valence-electron chi connectivity index (χ1n) is 6.28. The second-order valence-corrected chi connectivity index (χ2v) is 4.57. The van der Waals surface area contributed by atoms with Gasteiger partial charge in [-0.25, -0.2) is 4.98 Å². The minimum Gasteiger partial charge on any atom is -0.378 e. The van der Waals surface area contributed by atoms with E-state index in [-0.39, 0.29) is 0 Å². The Morgan fingerprint density at radius 1 is 1.40 bits per heavy atom. The number of anilines is 1. The first-order valence-corrected chi connectivity index (χ1v) is 6.28. The predicted octanol–water partition coefficient (Wildman–Crippen LogP) is 2.05. The van der Waals surface area contributed by atoms with Crippen LogP contribution in [0, 0.1) is 25.2 Å². The van der Waals surface area contributed by atoms with Crippen molar-refractivity contribution in [2.45, 2.75) is 27.0 Å². The van der Waals surface area contributed by atoms with Gasteiger partial charge in [-0.15, -0.1) is 0 Å². The molecule has 2 rings (SSSR count). The third-order valence-electron chi connectivity index (χ3n) is 2.95. The third kappa shape index (κ3) is 3.13. The molecule has 20 heavy (non-hydrogen) atoms. The molecule has 0 radical (unpaired) electrons. The van der Waals surface area contributed by atoms with Crippen molar-refractivity contribution in [2.75, 3.05) is 12.4 Å². The van der Waals surface area contributed by atoms with Crippen molar-refractivity contribution in [1.29, 1.82) is 5.26 Å². The van der Waals surface area contributed by atoms with Gasteiger partial charge < -0.3 is 10.1 Å². The largest absolute Gasteiger partial charge is 0.378 e. The number of pyridine rings is 1. The van der Waals surface area contributed by atoms with E-state index in [1.54, 1.807) is 7.11 Å². The van der Waals surface area contributed by atoms with E-state index in [0.717, 1.165) is 28.5 Å².